The van der Waals surface area contributed by atoms with Crippen molar-refractivity contribution >= 4 is 5.91 Å². The van der Waals surface area contributed by atoms with Crippen LogP contribution in [-0.2, 0) is 17.8 Å². The smallest absolute Gasteiger partial charge is 0.226 e. The number of nitrogens with one attached hydrogen (secondary N) is 1. The first-order valence-electron chi connectivity index (χ1n) is 11.4. The zero-order chi connectivity index (χ0) is 22.3. The Morgan fingerprint density at radius 2 is 1.97 bits per heavy atom. The largest absolute Gasteiger partial charge is 0.345 e. The highest BCUT2D eigenvalue weighted by Gasteiger charge is 2.27. The standard InChI is InChI=1S/C26H31FN4O/c1-30(15-6-10-24-17-25(29-28-24)21-11-13-23(27)14-12-21)26(32)22-9-5-16-31(19-22)18-20-7-3-2-4-8-20/h2-4,7-8,11-14,17,22H,5-6,9-10,15-16,18-19H2,1H3,(H,28,29). The van der Waals surface area contributed by atoms with E-state index in [1.807, 2.05) is 24.1 Å². The number of amides is 1. The number of halogens is 1. The van der Waals surface area contributed by atoms with Crippen molar-refractivity contribution in [1.29, 1.82) is 0 Å². The number of hydrogen-bond donors (Lipinski definition) is 1. The van der Waals surface area contributed by atoms with Crippen LogP contribution in [-0.4, -0.2) is 52.6 Å². The molecule has 4 rings (SSSR count). The van der Waals surface area contributed by atoms with Gasteiger partial charge in [-0.1, -0.05) is 30.3 Å². The van der Waals surface area contributed by atoms with E-state index in [1.165, 1.54) is 17.7 Å². The first-order valence-corrected chi connectivity index (χ1v) is 11.4. The zero-order valence-electron chi connectivity index (χ0n) is 18.6. The van der Waals surface area contributed by atoms with E-state index in [1.54, 1.807) is 12.1 Å². The molecule has 0 spiro atoms. The molecule has 2 aromatic carbocycles. The second kappa shape index (κ2) is 10.6. The Bertz CT molecular complexity index is 1000. The Labute approximate surface area is 189 Å². The maximum Gasteiger partial charge on any atom is 0.226 e. The average molecular weight is 435 g/mol. The second-order valence-corrected chi connectivity index (χ2v) is 8.71. The number of hydrogen-bond acceptors (Lipinski definition) is 3. The topological polar surface area (TPSA) is 52.2 Å². The van der Waals surface area contributed by atoms with Crippen molar-refractivity contribution in [1.82, 2.24) is 20.0 Å². The zero-order valence-corrected chi connectivity index (χ0v) is 18.6. The molecule has 1 atom stereocenters. The van der Waals surface area contributed by atoms with Crippen LogP contribution in [0.2, 0.25) is 0 Å². The van der Waals surface area contributed by atoms with Crippen LogP contribution in [0.4, 0.5) is 4.39 Å². The molecular formula is C26H31FN4O. The summed E-state index contributed by atoms with van der Waals surface area (Å²) >= 11 is 0. The average Bonchev–Trinajstić information content (AvgIpc) is 3.29. The number of H-pyrrole nitrogens is 1. The van der Waals surface area contributed by atoms with E-state index >= 15 is 0 Å². The Kier molecular flexibility index (Phi) is 7.32. The molecule has 1 N–H and O–H groups in total. The SMILES string of the molecule is CN(CCCc1cc(-c2ccc(F)cc2)n[nH]1)C(=O)C1CCCN(Cc2ccccc2)C1. The molecule has 1 aromatic heterocycles. The minimum absolute atomic E-state index is 0.0784. The van der Waals surface area contributed by atoms with Gasteiger partial charge in [0.25, 0.3) is 0 Å². The normalized spacial score (nSPS) is 16.8. The molecule has 0 bridgehead atoms. The molecule has 1 aliphatic rings. The Morgan fingerprint density at radius 3 is 2.75 bits per heavy atom. The van der Waals surface area contributed by atoms with Gasteiger partial charge < -0.3 is 4.90 Å². The molecule has 1 unspecified atom stereocenters. The lowest BCUT2D eigenvalue weighted by Gasteiger charge is -2.34. The van der Waals surface area contributed by atoms with E-state index in [9.17, 15) is 9.18 Å². The molecule has 5 nitrogen and oxygen atoms in total. The third-order valence-electron chi connectivity index (χ3n) is 6.19. The van der Waals surface area contributed by atoms with Crippen LogP contribution in [0, 0.1) is 11.7 Å². The van der Waals surface area contributed by atoms with Gasteiger partial charge in [0.2, 0.25) is 5.91 Å². The third-order valence-corrected chi connectivity index (χ3v) is 6.19. The quantitative estimate of drug-likeness (QED) is 0.567. The van der Waals surface area contributed by atoms with Gasteiger partial charge in [-0.3, -0.25) is 14.8 Å². The number of benzene rings is 2. The minimum Gasteiger partial charge on any atom is -0.345 e. The highest BCUT2D eigenvalue weighted by atomic mass is 19.1. The Hall–Kier alpha value is -2.99. The van der Waals surface area contributed by atoms with Crippen LogP contribution in [0.25, 0.3) is 11.3 Å². The number of aromatic nitrogens is 2. The lowest BCUT2D eigenvalue weighted by atomic mass is 9.96. The van der Waals surface area contributed by atoms with Gasteiger partial charge in [-0.05, 0) is 68.1 Å². The molecule has 0 saturated carbocycles. The van der Waals surface area contributed by atoms with Gasteiger partial charge in [-0.2, -0.15) is 5.10 Å². The molecule has 168 valence electrons. The molecular weight excluding hydrogens is 403 g/mol. The van der Waals surface area contributed by atoms with E-state index in [0.29, 0.717) is 0 Å². The summed E-state index contributed by atoms with van der Waals surface area (Å²) in [6.07, 6.45) is 3.72. The predicted molar refractivity (Wildman–Crippen MR) is 124 cm³/mol. The number of rotatable bonds is 8. The summed E-state index contributed by atoms with van der Waals surface area (Å²) in [7, 11) is 1.91. The summed E-state index contributed by atoms with van der Waals surface area (Å²) < 4.78 is 13.1. The van der Waals surface area contributed by atoms with E-state index in [2.05, 4.69) is 39.4 Å². The molecule has 1 aliphatic heterocycles. The van der Waals surface area contributed by atoms with Gasteiger partial charge in [0.1, 0.15) is 5.82 Å². The Balaban J connectivity index is 1.23. The van der Waals surface area contributed by atoms with E-state index in [-0.39, 0.29) is 17.6 Å². The number of likely N-dealkylation sites (tertiary alicyclic amines) is 1. The maximum absolute atomic E-state index is 13.1. The minimum atomic E-state index is -0.252. The van der Waals surface area contributed by atoms with Crippen molar-refractivity contribution < 1.29 is 9.18 Å². The highest BCUT2D eigenvalue weighted by Crippen LogP contribution is 2.21. The first-order chi connectivity index (χ1) is 15.6. The van der Waals surface area contributed by atoms with Gasteiger partial charge >= 0.3 is 0 Å². The van der Waals surface area contributed by atoms with E-state index in [0.717, 1.165) is 68.8 Å². The van der Waals surface area contributed by atoms with Crippen LogP contribution in [0.3, 0.4) is 0 Å². The summed E-state index contributed by atoms with van der Waals surface area (Å²) in [5.41, 5.74) is 4.02. The number of carbonyl (C=O) groups excluding carboxylic acids is 1. The van der Waals surface area contributed by atoms with Crippen LogP contribution in [0.1, 0.15) is 30.5 Å². The molecule has 1 amide bonds. The number of aryl methyl sites for hydroxylation is 1. The van der Waals surface area contributed by atoms with Gasteiger partial charge in [0, 0.05) is 37.9 Å². The van der Waals surface area contributed by atoms with Crippen molar-refractivity contribution in [2.45, 2.75) is 32.2 Å². The van der Waals surface area contributed by atoms with Crippen molar-refractivity contribution in [2.24, 2.45) is 5.92 Å². The number of aromatic amines is 1. The fourth-order valence-electron chi connectivity index (χ4n) is 4.43. The van der Waals surface area contributed by atoms with Crippen LogP contribution in [0.15, 0.2) is 60.7 Å². The van der Waals surface area contributed by atoms with E-state index < -0.39 is 0 Å². The van der Waals surface area contributed by atoms with Gasteiger partial charge in [0.15, 0.2) is 0 Å². The summed E-state index contributed by atoms with van der Waals surface area (Å²) in [5.74, 6) is 0.0763. The van der Waals surface area contributed by atoms with Crippen LogP contribution in [0.5, 0.6) is 0 Å². The predicted octanol–water partition coefficient (Wildman–Crippen LogP) is 4.52. The van der Waals surface area contributed by atoms with Gasteiger partial charge in [-0.25, -0.2) is 4.39 Å². The fraction of sp³-hybridized carbons (Fsp3) is 0.385. The summed E-state index contributed by atoms with van der Waals surface area (Å²) in [6.45, 7) is 3.52. The summed E-state index contributed by atoms with van der Waals surface area (Å²) in [4.78, 5) is 17.3. The molecule has 3 aromatic rings. The Morgan fingerprint density at radius 1 is 1.19 bits per heavy atom. The molecule has 1 saturated heterocycles. The van der Waals surface area contributed by atoms with Crippen molar-refractivity contribution in [3.63, 3.8) is 0 Å². The van der Waals surface area contributed by atoms with E-state index in [4.69, 9.17) is 0 Å². The number of piperidine rings is 1. The number of nitrogens with zero attached hydrogens (tertiary/aromatic N) is 3. The molecule has 0 aliphatic carbocycles. The summed E-state index contributed by atoms with van der Waals surface area (Å²) in [5, 5.41) is 7.39. The van der Waals surface area contributed by atoms with Crippen molar-refractivity contribution in [3.05, 3.63) is 77.7 Å². The monoisotopic (exact) mass is 434 g/mol. The molecule has 6 heteroatoms. The van der Waals surface area contributed by atoms with Gasteiger partial charge in [0.05, 0.1) is 11.6 Å². The molecule has 1 fully saturated rings. The van der Waals surface area contributed by atoms with Crippen LogP contribution < -0.4 is 0 Å². The third kappa shape index (κ3) is 5.82. The summed E-state index contributed by atoms with van der Waals surface area (Å²) in [6, 6.07) is 18.8. The lowest BCUT2D eigenvalue weighted by molar-refractivity contribution is -0.136. The van der Waals surface area contributed by atoms with Crippen molar-refractivity contribution in [2.75, 3.05) is 26.7 Å². The lowest BCUT2D eigenvalue weighted by Crippen LogP contribution is -2.43. The fourth-order valence-corrected chi connectivity index (χ4v) is 4.43. The first kappa shape index (κ1) is 22.2. The van der Waals surface area contributed by atoms with Gasteiger partial charge in [-0.15, -0.1) is 0 Å². The molecule has 2 heterocycles. The highest BCUT2D eigenvalue weighted by molar-refractivity contribution is 5.78. The molecule has 32 heavy (non-hydrogen) atoms. The second-order valence-electron chi connectivity index (χ2n) is 8.71. The number of carbonyl (C=O) groups is 1. The van der Waals surface area contributed by atoms with Crippen molar-refractivity contribution in [3.8, 4) is 11.3 Å². The molecule has 0 radical (unpaired) electrons. The maximum atomic E-state index is 13.1. The van der Waals surface area contributed by atoms with Crippen LogP contribution >= 0.6 is 0 Å².